The summed E-state index contributed by atoms with van der Waals surface area (Å²) >= 11 is 0. The highest BCUT2D eigenvalue weighted by Crippen LogP contribution is 2.24. The average molecular weight is 306 g/mol. The van der Waals surface area contributed by atoms with Gasteiger partial charge in [0.2, 0.25) is 0 Å². The topological polar surface area (TPSA) is 72.5 Å². The van der Waals surface area contributed by atoms with Gasteiger partial charge in [0.25, 0.3) is 15.0 Å². The van der Waals surface area contributed by atoms with Crippen molar-refractivity contribution < 1.29 is 17.9 Å². The monoisotopic (exact) mass is 305 g/mol. The fourth-order valence-electron chi connectivity index (χ4n) is 1.46. The summed E-state index contributed by atoms with van der Waals surface area (Å²) in [6.45, 7) is 5.76. The molecule has 1 amide bonds. The average Bonchev–Trinajstić information content (AvgIpc) is 2.27. The molecule has 19 heavy (non-hydrogen) atoms. The molecular weight excluding hydrogens is 290 g/mol. The molecule has 0 unspecified atom stereocenters. The van der Waals surface area contributed by atoms with Gasteiger partial charge < -0.3 is 10.1 Å². The molecule has 106 valence electrons. The Hall–Kier alpha value is -1.27. The van der Waals surface area contributed by atoms with Crippen molar-refractivity contribution in [3.63, 3.8) is 0 Å². The van der Waals surface area contributed by atoms with Gasteiger partial charge in [-0.1, -0.05) is 0 Å². The van der Waals surface area contributed by atoms with Crippen LogP contribution in [0.25, 0.3) is 0 Å². The predicted molar refractivity (Wildman–Crippen MR) is 73.3 cm³/mol. The summed E-state index contributed by atoms with van der Waals surface area (Å²) in [7, 11) is 1.39. The zero-order valence-electron chi connectivity index (χ0n) is 10.9. The number of carbonyl (C=O) groups is 1. The second-order valence-electron chi connectivity index (χ2n) is 4.16. The molecule has 0 aromatic heterocycles. The second kappa shape index (κ2) is 6.25. The van der Waals surface area contributed by atoms with Crippen LogP contribution in [0.5, 0.6) is 5.75 Å². The number of halogens is 1. The molecule has 0 atom stereocenters. The molecule has 1 aromatic rings. The molecule has 0 aliphatic carbocycles. The first kappa shape index (κ1) is 15.8. The Morgan fingerprint density at radius 2 is 2.05 bits per heavy atom. The van der Waals surface area contributed by atoms with Gasteiger partial charge in [0, 0.05) is 16.7 Å². The van der Waals surface area contributed by atoms with E-state index >= 15 is 0 Å². The van der Waals surface area contributed by atoms with Gasteiger partial charge in [-0.05, 0) is 39.0 Å². The number of rotatable bonds is 5. The third kappa shape index (κ3) is 4.40. The maximum Gasteiger partial charge on any atom is 0.261 e. The van der Waals surface area contributed by atoms with Crippen LogP contribution in [0, 0.1) is 0 Å². The van der Waals surface area contributed by atoms with Gasteiger partial charge in [0.05, 0.1) is 17.1 Å². The summed E-state index contributed by atoms with van der Waals surface area (Å²) in [6, 6.07) is 3.87. The van der Waals surface area contributed by atoms with Crippen LogP contribution in [0.15, 0.2) is 23.1 Å². The van der Waals surface area contributed by atoms with Crippen LogP contribution < -0.4 is 10.1 Å². The molecule has 1 N–H and O–H groups in total. The summed E-state index contributed by atoms with van der Waals surface area (Å²) in [6.07, 6.45) is 0. The minimum absolute atomic E-state index is 0.0711. The van der Waals surface area contributed by atoms with Crippen molar-refractivity contribution >= 4 is 25.6 Å². The quantitative estimate of drug-likeness (QED) is 0.846. The molecule has 0 bridgehead atoms. The van der Waals surface area contributed by atoms with Crippen molar-refractivity contribution in [1.29, 1.82) is 0 Å². The van der Waals surface area contributed by atoms with Crippen LogP contribution in [0.2, 0.25) is 0 Å². The maximum atomic E-state index is 12.0. The number of ether oxygens (including phenoxy) is 1. The molecule has 0 aliphatic rings. The van der Waals surface area contributed by atoms with Crippen molar-refractivity contribution in [3.8, 4) is 5.75 Å². The van der Waals surface area contributed by atoms with E-state index in [9.17, 15) is 13.2 Å². The Labute approximate surface area is 117 Å². The Balaban J connectivity index is 3.27. The predicted octanol–water partition coefficient (Wildman–Crippen LogP) is 2.15. The van der Waals surface area contributed by atoms with E-state index in [2.05, 4.69) is 5.32 Å². The van der Waals surface area contributed by atoms with Crippen LogP contribution in [0.3, 0.4) is 0 Å². The Bertz CT molecular complexity index is 569. The summed E-state index contributed by atoms with van der Waals surface area (Å²) in [5.74, 6) is -0.0784. The molecule has 1 aromatic carbocycles. The van der Waals surface area contributed by atoms with Crippen molar-refractivity contribution in [2.75, 3.05) is 6.61 Å². The standard InChI is InChI=1S/C12H16ClNO4S/c1-4-18-11-6-5-9(19(13,16)17)7-10(11)12(15)14-8(2)3/h5-8H,4H2,1-3H3,(H,14,15). The van der Waals surface area contributed by atoms with Crippen LogP contribution in [-0.2, 0) is 9.05 Å². The highest BCUT2D eigenvalue weighted by Gasteiger charge is 2.18. The van der Waals surface area contributed by atoms with Gasteiger partial charge in [-0.15, -0.1) is 0 Å². The molecule has 7 heteroatoms. The van der Waals surface area contributed by atoms with E-state index < -0.39 is 15.0 Å². The van der Waals surface area contributed by atoms with Crippen LogP contribution in [0.1, 0.15) is 31.1 Å². The van der Waals surface area contributed by atoms with Crippen molar-refractivity contribution in [3.05, 3.63) is 23.8 Å². The number of amides is 1. The Morgan fingerprint density at radius 1 is 1.42 bits per heavy atom. The highest BCUT2D eigenvalue weighted by molar-refractivity contribution is 8.13. The lowest BCUT2D eigenvalue weighted by atomic mass is 10.1. The van der Waals surface area contributed by atoms with Gasteiger partial charge in [0.15, 0.2) is 0 Å². The highest BCUT2D eigenvalue weighted by atomic mass is 35.7. The number of nitrogens with one attached hydrogen (secondary N) is 1. The number of hydrogen-bond acceptors (Lipinski definition) is 4. The van der Waals surface area contributed by atoms with Crippen LogP contribution in [-0.4, -0.2) is 27.0 Å². The van der Waals surface area contributed by atoms with Gasteiger partial charge in [-0.2, -0.15) is 0 Å². The third-order valence-electron chi connectivity index (χ3n) is 2.20. The minimum Gasteiger partial charge on any atom is -0.493 e. The van der Waals surface area contributed by atoms with Gasteiger partial charge in [-0.3, -0.25) is 4.79 Å². The molecule has 0 saturated heterocycles. The zero-order valence-corrected chi connectivity index (χ0v) is 12.5. The first-order chi connectivity index (χ1) is 8.75. The van der Waals surface area contributed by atoms with Crippen LogP contribution >= 0.6 is 10.7 Å². The molecule has 0 spiro atoms. The fourth-order valence-corrected chi connectivity index (χ4v) is 2.24. The Kier molecular flexibility index (Phi) is 5.20. The molecule has 0 fully saturated rings. The summed E-state index contributed by atoms with van der Waals surface area (Å²) in [5.41, 5.74) is 0.150. The van der Waals surface area contributed by atoms with Crippen molar-refractivity contribution in [2.45, 2.75) is 31.7 Å². The van der Waals surface area contributed by atoms with E-state index in [0.717, 1.165) is 0 Å². The SMILES string of the molecule is CCOc1ccc(S(=O)(=O)Cl)cc1C(=O)NC(C)C. The zero-order chi connectivity index (χ0) is 14.6. The van der Waals surface area contributed by atoms with E-state index in [1.165, 1.54) is 18.2 Å². The third-order valence-corrected chi connectivity index (χ3v) is 3.55. The lowest BCUT2D eigenvalue weighted by molar-refractivity contribution is 0.0939. The van der Waals surface area contributed by atoms with E-state index in [4.69, 9.17) is 15.4 Å². The number of hydrogen-bond donors (Lipinski definition) is 1. The van der Waals surface area contributed by atoms with E-state index in [0.29, 0.717) is 12.4 Å². The minimum atomic E-state index is -3.88. The Morgan fingerprint density at radius 3 is 2.53 bits per heavy atom. The van der Waals surface area contributed by atoms with E-state index in [-0.39, 0.29) is 16.5 Å². The first-order valence-corrected chi connectivity index (χ1v) is 8.09. The molecule has 0 radical (unpaired) electrons. The lowest BCUT2D eigenvalue weighted by Gasteiger charge is -2.13. The van der Waals surface area contributed by atoms with Gasteiger partial charge in [-0.25, -0.2) is 8.42 Å². The van der Waals surface area contributed by atoms with Crippen LogP contribution in [0.4, 0.5) is 0 Å². The molecule has 0 heterocycles. The molecular formula is C12H16ClNO4S. The molecule has 1 rings (SSSR count). The smallest absolute Gasteiger partial charge is 0.261 e. The molecule has 0 aliphatic heterocycles. The second-order valence-corrected chi connectivity index (χ2v) is 6.72. The largest absolute Gasteiger partial charge is 0.493 e. The molecule has 0 saturated carbocycles. The first-order valence-electron chi connectivity index (χ1n) is 5.78. The summed E-state index contributed by atoms with van der Waals surface area (Å²) < 4.78 is 27.9. The normalized spacial score (nSPS) is 11.4. The van der Waals surface area contributed by atoms with Gasteiger partial charge in [0.1, 0.15) is 5.75 Å². The maximum absolute atomic E-state index is 12.0. The summed E-state index contributed by atoms with van der Waals surface area (Å²) in [5, 5.41) is 2.68. The van der Waals surface area contributed by atoms with Gasteiger partial charge >= 0.3 is 0 Å². The van der Waals surface area contributed by atoms with Crippen molar-refractivity contribution in [2.24, 2.45) is 0 Å². The molecule has 5 nitrogen and oxygen atoms in total. The van der Waals surface area contributed by atoms with E-state index in [1.54, 1.807) is 20.8 Å². The summed E-state index contributed by atoms with van der Waals surface area (Å²) in [4.78, 5) is 11.9. The fraction of sp³-hybridized carbons (Fsp3) is 0.417. The van der Waals surface area contributed by atoms with Crippen molar-refractivity contribution in [1.82, 2.24) is 5.32 Å². The number of carbonyl (C=O) groups excluding carboxylic acids is 1. The van der Waals surface area contributed by atoms with E-state index in [1.807, 2.05) is 0 Å². The lowest BCUT2D eigenvalue weighted by Crippen LogP contribution is -2.30. The number of benzene rings is 1.